The SMILES string of the molecule is C[C@@H](Sc1nnc(C2CC2)n1CC(N)=O)c1ccc(F)cc1F. The Kier molecular flexibility index (Phi) is 4.34. The van der Waals surface area contributed by atoms with Crippen LogP contribution in [-0.4, -0.2) is 20.7 Å². The second-order valence-corrected chi connectivity index (χ2v) is 6.90. The Labute approximate surface area is 136 Å². The molecule has 1 aliphatic carbocycles. The molecule has 5 nitrogen and oxygen atoms in total. The average molecular weight is 338 g/mol. The van der Waals surface area contributed by atoms with E-state index in [4.69, 9.17) is 5.73 Å². The summed E-state index contributed by atoms with van der Waals surface area (Å²) in [6.45, 7) is 1.79. The van der Waals surface area contributed by atoms with E-state index >= 15 is 0 Å². The first kappa shape index (κ1) is 15.9. The van der Waals surface area contributed by atoms with Gasteiger partial charge < -0.3 is 5.73 Å². The Morgan fingerprint density at radius 2 is 2.17 bits per heavy atom. The molecule has 1 amide bonds. The number of primary amides is 1. The zero-order valence-corrected chi connectivity index (χ0v) is 13.3. The molecule has 0 unspecified atom stereocenters. The maximum absolute atomic E-state index is 13.9. The Balaban J connectivity index is 1.85. The summed E-state index contributed by atoms with van der Waals surface area (Å²) in [6.07, 6.45) is 2.04. The van der Waals surface area contributed by atoms with Gasteiger partial charge in [0.2, 0.25) is 5.91 Å². The maximum atomic E-state index is 13.9. The van der Waals surface area contributed by atoms with Crippen LogP contribution in [0.5, 0.6) is 0 Å². The lowest BCUT2D eigenvalue weighted by molar-refractivity contribution is -0.118. The standard InChI is InChI=1S/C15H16F2N4OS/c1-8(11-5-4-10(16)6-12(11)17)23-15-20-19-14(9-2-3-9)21(15)7-13(18)22/h4-6,8-9H,2-3,7H2,1H3,(H2,18,22)/t8-/m1/s1. The molecule has 1 saturated carbocycles. The topological polar surface area (TPSA) is 73.8 Å². The molecule has 0 aliphatic heterocycles. The summed E-state index contributed by atoms with van der Waals surface area (Å²) in [5, 5.41) is 8.47. The predicted octanol–water partition coefficient (Wildman–Crippen LogP) is 2.77. The van der Waals surface area contributed by atoms with Gasteiger partial charge in [0.25, 0.3) is 0 Å². The van der Waals surface area contributed by atoms with Gasteiger partial charge in [-0.2, -0.15) is 0 Å². The van der Waals surface area contributed by atoms with Crippen molar-refractivity contribution in [1.82, 2.24) is 14.8 Å². The number of benzene rings is 1. The Morgan fingerprint density at radius 1 is 1.43 bits per heavy atom. The van der Waals surface area contributed by atoms with E-state index in [1.165, 1.54) is 23.9 Å². The molecule has 23 heavy (non-hydrogen) atoms. The van der Waals surface area contributed by atoms with Crippen molar-refractivity contribution in [1.29, 1.82) is 0 Å². The van der Waals surface area contributed by atoms with E-state index in [-0.39, 0.29) is 11.8 Å². The third kappa shape index (κ3) is 3.52. The molecule has 1 fully saturated rings. The molecule has 8 heteroatoms. The van der Waals surface area contributed by atoms with Gasteiger partial charge in [-0.15, -0.1) is 10.2 Å². The fraction of sp³-hybridized carbons (Fsp3) is 0.400. The lowest BCUT2D eigenvalue weighted by Gasteiger charge is -2.13. The number of thioether (sulfide) groups is 1. The minimum Gasteiger partial charge on any atom is -0.368 e. The predicted molar refractivity (Wildman–Crippen MR) is 81.8 cm³/mol. The molecule has 0 radical (unpaired) electrons. The number of nitrogens with two attached hydrogens (primary N) is 1. The van der Waals surface area contributed by atoms with Gasteiger partial charge in [0.15, 0.2) is 5.16 Å². The lowest BCUT2D eigenvalue weighted by atomic mass is 10.1. The molecule has 1 aromatic carbocycles. The summed E-state index contributed by atoms with van der Waals surface area (Å²) in [7, 11) is 0. The van der Waals surface area contributed by atoms with E-state index in [1.54, 1.807) is 11.5 Å². The number of amides is 1. The highest BCUT2D eigenvalue weighted by Gasteiger charge is 2.31. The lowest BCUT2D eigenvalue weighted by Crippen LogP contribution is -2.20. The highest BCUT2D eigenvalue weighted by atomic mass is 32.2. The van der Waals surface area contributed by atoms with Crippen LogP contribution in [0.2, 0.25) is 0 Å². The molecular weight excluding hydrogens is 322 g/mol. The van der Waals surface area contributed by atoms with Crippen LogP contribution in [0.1, 0.15) is 42.3 Å². The van der Waals surface area contributed by atoms with Gasteiger partial charge >= 0.3 is 0 Å². The normalized spacial score (nSPS) is 15.6. The third-order valence-corrected chi connectivity index (χ3v) is 4.80. The molecule has 1 atom stereocenters. The van der Waals surface area contributed by atoms with E-state index in [0.29, 0.717) is 16.6 Å². The highest BCUT2D eigenvalue weighted by Crippen LogP contribution is 2.42. The Morgan fingerprint density at radius 3 is 2.78 bits per heavy atom. The number of hydrogen-bond donors (Lipinski definition) is 1. The molecule has 2 aromatic rings. The van der Waals surface area contributed by atoms with Crippen LogP contribution in [0.3, 0.4) is 0 Å². The van der Waals surface area contributed by atoms with E-state index in [2.05, 4.69) is 10.2 Å². The van der Waals surface area contributed by atoms with Crippen molar-refractivity contribution < 1.29 is 13.6 Å². The summed E-state index contributed by atoms with van der Waals surface area (Å²) in [4.78, 5) is 11.3. The molecule has 0 spiro atoms. The van der Waals surface area contributed by atoms with Crippen molar-refractivity contribution >= 4 is 17.7 Å². The van der Waals surface area contributed by atoms with E-state index < -0.39 is 17.5 Å². The zero-order valence-electron chi connectivity index (χ0n) is 12.5. The smallest absolute Gasteiger partial charge is 0.237 e. The Hall–Kier alpha value is -1.96. The van der Waals surface area contributed by atoms with Gasteiger partial charge in [0, 0.05) is 22.8 Å². The van der Waals surface area contributed by atoms with Crippen LogP contribution in [0, 0.1) is 11.6 Å². The van der Waals surface area contributed by atoms with Crippen molar-refractivity contribution in [2.45, 2.75) is 42.6 Å². The van der Waals surface area contributed by atoms with Crippen molar-refractivity contribution in [2.24, 2.45) is 5.73 Å². The van der Waals surface area contributed by atoms with Crippen LogP contribution in [0.15, 0.2) is 23.4 Å². The zero-order chi connectivity index (χ0) is 16.6. The summed E-state index contributed by atoms with van der Waals surface area (Å²) in [5.41, 5.74) is 5.67. The second-order valence-electron chi connectivity index (χ2n) is 5.59. The fourth-order valence-electron chi connectivity index (χ4n) is 2.39. The molecule has 2 N–H and O–H groups in total. The average Bonchev–Trinajstić information content (AvgIpc) is 3.23. The first-order valence-electron chi connectivity index (χ1n) is 7.28. The minimum atomic E-state index is -0.614. The molecule has 1 aliphatic rings. The molecule has 0 saturated heterocycles. The summed E-state index contributed by atoms with van der Waals surface area (Å²) in [5.74, 6) is -0.633. The summed E-state index contributed by atoms with van der Waals surface area (Å²) < 4.78 is 28.6. The van der Waals surface area contributed by atoms with Gasteiger partial charge in [-0.05, 0) is 25.8 Å². The molecule has 1 aromatic heterocycles. The van der Waals surface area contributed by atoms with Crippen LogP contribution in [0.4, 0.5) is 8.78 Å². The molecule has 122 valence electrons. The monoisotopic (exact) mass is 338 g/mol. The minimum absolute atomic E-state index is 0.000212. The Bertz CT molecular complexity index is 745. The van der Waals surface area contributed by atoms with E-state index in [0.717, 1.165) is 24.7 Å². The van der Waals surface area contributed by atoms with Crippen LogP contribution in [0.25, 0.3) is 0 Å². The number of hydrogen-bond acceptors (Lipinski definition) is 4. The summed E-state index contributed by atoms with van der Waals surface area (Å²) in [6, 6.07) is 3.49. The maximum Gasteiger partial charge on any atom is 0.237 e. The first-order valence-corrected chi connectivity index (χ1v) is 8.16. The largest absolute Gasteiger partial charge is 0.368 e. The highest BCUT2D eigenvalue weighted by molar-refractivity contribution is 7.99. The van der Waals surface area contributed by atoms with Gasteiger partial charge in [0.1, 0.15) is 24.0 Å². The van der Waals surface area contributed by atoms with Crippen LogP contribution >= 0.6 is 11.8 Å². The van der Waals surface area contributed by atoms with Crippen molar-refractivity contribution in [3.05, 3.63) is 41.2 Å². The molecule has 1 heterocycles. The molecule has 3 rings (SSSR count). The number of nitrogens with zero attached hydrogens (tertiary/aromatic N) is 3. The van der Waals surface area contributed by atoms with Crippen molar-refractivity contribution in [2.75, 3.05) is 0 Å². The van der Waals surface area contributed by atoms with Crippen molar-refractivity contribution in [3.8, 4) is 0 Å². The number of rotatable bonds is 6. The third-order valence-electron chi connectivity index (χ3n) is 3.68. The number of aromatic nitrogens is 3. The first-order chi connectivity index (χ1) is 11.0. The number of halogens is 2. The van der Waals surface area contributed by atoms with Crippen LogP contribution < -0.4 is 5.73 Å². The van der Waals surface area contributed by atoms with Crippen molar-refractivity contribution in [3.63, 3.8) is 0 Å². The fourth-order valence-corrected chi connectivity index (χ4v) is 3.40. The second kappa shape index (κ2) is 6.27. The molecular formula is C15H16F2N4OS. The van der Waals surface area contributed by atoms with Gasteiger partial charge in [-0.3, -0.25) is 9.36 Å². The van der Waals surface area contributed by atoms with E-state index in [9.17, 15) is 13.6 Å². The van der Waals surface area contributed by atoms with E-state index in [1.807, 2.05) is 0 Å². The van der Waals surface area contributed by atoms with Gasteiger partial charge in [-0.1, -0.05) is 17.8 Å². The van der Waals surface area contributed by atoms with Gasteiger partial charge in [0.05, 0.1) is 0 Å². The number of carbonyl (C=O) groups excluding carboxylic acids is 1. The number of carbonyl (C=O) groups is 1. The molecule has 0 bridgehead atoms. The summed E-state index contributed by atoms with van der Waals surface area (Å²) >= 11 is 1.27. The quantitative estimate of drug-likeness (QED) is 0.822. The van der Waals surface area contributed by atoms with Crippen LogP contribution in [-0.2, 0) is 11.3 Å². The van der Waals surface area contributed by atoms with Gasteiger partial charge in [-0.25, -0.2) is 8.78 Å².